The lowest BCUT2D eigenvalue weighted by Gasteiger charge is -2.08. The van der Waals surface area contributed by atoms with Gasteiger partial charge in [0.1, 0.15) is 11.4 Å². The second-order valence-electron chi connectivity index (χ2n) is 3.88. The fourth-order valence-corrected chi connectivity index (χ4v) is 1.81. The van der Waals surface area contributed by atoms with E-state index in [-0.39, 0.29) is 6.04 Å². The third-order valence-corrected chi connectivity index (χ3v) is 2.71. The molecule has 0 saturated heterocycles. The van der Waals surface area contributed by atoms with Crippen molar-refractivity contribution in [3.63, 3.8) is 0 Å². The van der Waals surface area contributed by atoms with Crippen LogP contribution in [0.1, 0.15) is 11.4 Å². The van der Waals surface area contributed by atoms with Crippen LogP contribution in [0.3, 0.4) is 0 Å². The Morgan fingerprint density at radius 3 is 1.67 bits per heavy atom. The highest BCUT2D eigenvalue weighted by atomic mass is 15.3. The molecule has 0 radical (unpaired) electrons. The Balaban J connectivity index is 1.90. The number of pyridine rings is 2. The molecule has 5 heteroatoms. The molecule has 2 N–H and O–H groups in total. The molecular formula is C13H11N5. The van der Waals surface area contributed by atoms with Crippen LogP contribution in [0.4, 0.5) is 0 Å². The molecular weight excluding hydrogens is 226 g/mol. The molecule has 0 unspecified atom stereocenters. The molecule has 1 aliphatic heterocycles. The maximum absolute atomic E-state index is 6.15. The molecule has 0 amide bonds. The predicted octanol–water partition coefficient (Wildman–Crippen LogP) is 1.01. The Morgan fingerprint density at radius 2 is 1.28 bits per heavy atom. The number of nitrogens with zero attached hydrogens (tertiary/aromatic N) is 4. The third kappa shape index (κ3) is 1.80. The molecule has 88 valence electrons. The molecule has 0 saturated carbocycles. The van der Waals surface area contributed by atoms with Crippen molar-refractivity contribution >= 4 is 11.4 Å². The van der Waals surface area contributed by atoms with Crippen LogP contribution in [0.5, 0.6) is 0 Å². The molecule has 0 fully saturated rings. The minimum atomic E-state index is -0.380. The largest absolute Gasteiger partial charge is 0.317 e. The van der Waals surface area contributed by atoms with Crippen molar-refractivity contribution in [3.05, 3.63) is 60.2 Å². The number of nitrogens with two attached hydrogens (primary N) is 1. The Hall–Kier alpha value is -2.40. The van der Waals surface area contributed by atoms with Crippen LogP contribution in [-0.2, 0) is 0 Å². The molecule has 1 aliphatic rings. The number of rotatable bonds is 2. The van der Waals surface area contributed by atoms with Gasteiger partial charge in [-0.1, -0.05) is 12.1 Å². The van der Waals surface area contributed by atoms with E-state index in [4.69, 9.17) is 5.73 Å². The van der Waals surface area contributed by atoms with E-state index >= 15 is 0 Å². The maximum atomic E-state index is 6.15. The van der Waals surface area contributed by atoms with Gasteiger partial charge in [0, 0.05) is 12.4 Å². The average molecular weight is 237 g/mol. The van der Waals surface area contributed by atoms with Crippen LogP contribution < -0.4 is 5.73 Å². The van der Waals surface area contributed by atoms with Crippen molar-refractivity contribution in [2.75, 3.05) is 0 Å². The molecule has 2 aromatic heterocycles. The molecule has 0 aromatic carbocycles. The second-order valence-corrected chi connectivity index (χ2v) is 3.88. The van der Waals surface area contributed by atoms with Crippen LogP contribution in [0.25, 0.3) is 0 Å². The van der Waals surface area contributed by atoms with Gasteiger partial charge in [0.25, 0.3) is 0 Å². The first-order chi connectivity index (χ1) is 8.86. The highest BCUT2D eigenvalue weighted by molar-refractivity contribution is 6.24. The summed E-state index contributed by atoms with van der Waals surface area (Å²) in [6, 6.07) is 10.9. The van der Waals surface area contributed by atoms with Gasteiger partial charge in [-0.3, -0.25) is 9.97 Å². The maximum Gasteiger partial charge on any atom is 0.112 e. The van der Waals surface area contributed by atoms with E-state index in [1.807, 2.05) is 36.4 Å². The van der Waals surface area contributed by atoms with Crippen LogP contribution in [0.15, 0.2) is 59.0 Å². The first-order valence-electron chi connectivity index (χ1n) is 5.60. The SMILES string of the molecule is NC1C(c2ccccn2)=NN=C1c1ccccn1. The van der Waals surface area contributed by atoms with E-state index in [0.717, 1.165) is 11.4 Å². The summed E-state index contributed by atoms with van der Waals surface area (Å²) in [4.78, 5) is 8.47. The normalized spacial score (nSPS) is 15.4. The number of aromatic nitrogens is 2. The molecule has 3 rings (SSSR count). The van der Waals surface area contributed by atoms with E-state index < -0.39 is 0 Å². The zero-order chi connectivity index (χ0) is 12.4. The molecule has 3 heterocycles. The first kappa shape index (κ1) is 10.7. The lowest BCUT2D eigenvalue weighted by atomic mass is 10.0. The van der Waals surface area contributed by atoms with Crippen molar-refractivity contribution in [1.29, 1.82) is 0 Å². The van der Waals surface area contributed by atoms with Gasteiger partial charge in [-0.15, -0.1) is 0 Å². The summed E-state index contributed by atoms with van der Waals surface area (Å²) in [6.45, 7) is 0. The van der Waals surface area contributed by atoms with E-state index in [1.165, 1.54) is 0 Å². The van der Waals surface area contributed by atoms with E-state index in [0.29, 0.717) is 11.4 Å². The predicted molar refractivity (Wildman–Crippen MR) is 69.5 cm³/mol. The summed E-state index contributed by atoms with van der Waals surface area (Å²) in [7, 11) is 0. The molecule has 5 nitrogen and oxygen atoms in total. The van der Waals surface area contributed by atoms with Gasteiger partial charge in [-0.2, -0.15) is 10.2 Å². The van der Waals surface area contributed by atoms with Gasteiger partial charge in [0.05, 0.1) is 17.4 Å². The minimum Gasteiger partial charge on any atom is -0.317 e. The summed E-state index contributed by atoms with van der Waals surface area (Å²) in [6.07, 6.45) is 3.42. The molecule has 0 spiro atoms. The highest BCUT2D eigenvalue weighted by Gasteiger charge is 2.27. The van der Waals surface area contributed by atoms with Crippen molar-refractivity contribution in [3.8, 4) is 0 Å². The molecule has 2 aromatic rings. The Bertz CT molecular complexity index is 548. The summed E-state index contributed by atoms with van der Waals surface area (Å²) >= 11 is 0. The van der Waals surface area contributed by atoms with Crippen molar-refractivity contribution < 1.29 is 0 Å². The van der Waals surface area contributed by atoms with Crippen molar-refractivity contribution in [1.82, 2.24) is 9.97 Å². The quantitative estimate of drug-likeness (QED) is 0.846. The van der Waals surface area contributed by atoms with E-state index in [2.05, 4.69) is 20.2 Å². The van der Waals surface area contributed by atoms with Gasteiger partial charge in [0.2, 0.25) is 0 Å². The number of hydrogen-bond acceptors (Lipinski definition) is 5. The van der Waals surface area contributed by atoms with Gasteiger partial charge in [-0.05, 0) is 24.3 Å². The fourth-order valence-electron chi connectivity index (χ4n) is 1.81. The Kier molecular flexibility index (Phi) is 2.66. The van der Waals surface area contributed by atoms with E-state index in [1.54, 1.807) is 12.4 Å². The summed E-state index contributed by atoms with van der Waals surface area (Å²) in [5.74, 6) is 0. The second kappa shape index (κ2) is 4.46. The molecule has 0 aliphatic carbocycles. The number of hydrogen-bond donors (Lipinski definition) is 1. The molecule has 0 atom stereocenters. The third-order valence-electron chi connectivity index (χ3n) is 2.71. The summed E-state index contributed by atoms with van der Waals surface area (Å²) < 4.78 is 0. The topological polar surface area (TPSA) is 76.5 Å². The van der Waals surface area contributed by atoms with Gasteiger partial charge < -0.3 is 5.73 Å². The van der Waals surface area contributed by atoms with Crippen LogP contribution in [0.2, 0.25) is 0 Å². The zero-order valence-corrected chi connectivity index (χ0v) is 9.56. The van der Waals surface area contributed by atoms with Crippen LogP contribution in [0, 0.1) is 0 Å². The smallest absolute Gasteiger partial charge is 0.112 e. The minimum absolute atomic E-state index is 0.380. The summed E-state index contributed by atoms with van der Waals surface area (Å²) in [5, 5.41) is 8.24. The standard InChI is InChI=1S/C13H11N5/c14-11-12(9-5-1-3-7-15-9)17-18-13(11)10-6-2-4-8-16-10/h1-8,11H,14H2. The Labute approximate surface area is 104 Å². The first-order valence-corrected chi connectivity index (χ1v) is 5.60. The molecule has 18 heavy (non-hydrogen) atoms. The lowest BCUT2D eigenvalue weighted by molar-refractivity contribution is 1.12. The van der Waals surface area contributed by atoms with Crippen LogP contribution >= 0.6 is 0 Å². The van der Waals surface area contributed by atoms with Crippen molar-refractivity contribution in [2.45, 2.75) is 6.04 Å². The van der Waals surface area contributed by atoms with Crippen molar-refractivity contribution in [2.24, 2.45) is 15.9 Å². The van der Waals surface area contributed by atoms with Gasteiger partial charge in [0.15, 0.2) is 0 Å². The monoisotopic (exact) mass is 237 g/mol. The molecule has 0 bridgehead atoms. The lowest BCUT2D eigenvalue weighted by Crippen LogP contribution is -2.37. The fraction of sp³-hybridized carbons (Fsp3) is 0.0769. The van der Waals surface area contributed by atoms with Crippen LogP contribution in [-0.4, -0.2) is 27.4 Å². The van der Waals surface area contributed by atoms with Gasteiger partial charge >= 0.3 is 0 Å². The van der Waals surface area contributed by atoms with E-state index in [9.17, 15) is 0 Å². The average Bonchev–Trinajstić information content (AvgIpc) is 2.83. The summed E-state index contributed by atoms with van der Waals surface area (Å²) in [5.41, 5.74) is 9.00. The highest BCUT2D eigenvalue weighted by Crippen LogP contribution is 2.13. The van der Waals surface area contributed by atoms with Gasteiger partial charge in [-0.25, -0.2) is 0 Å². The Morgan fingerprint density at radius 1 is 0.778 bits per heavy atom. The zero-order valence-electron chi connectivity index (χ0n) is 9.56.